The van der Waals surface area contributed by atoms with Crippen LogP contribution in [0, 0.1) is 6.92 Å². The number of fused-ring (bicyclic) bond motifs is 1. The molecule has 0 N–H and O–H groups in total. The molecule has 164 valence electrons. The Balaban J connectivity index is 1.70. The Morgan fingerprint density at radius 2 is 1.97 bits per heavy atom. The lowest BCUT2D eigenvalue weighted by Crippen LogP contribution is -2.38. The minimum Gasteiger partial charge on any atom is -0.497 e. The fourth-order valence-electron chi connectivity index (χ4n) is 3.97. The maximum absolute atomic E-state index is 12.8. The van der Waals surface area contributed by atoms with Crippen LogP contribution in [0.15, 0.2) is 47.5 Å². The predicted octanol–water partition coefficient (Wildman–Crippen LogP) is 2.86. The Morgan fingerprint density at radius 1 is 1.16 bits per heavy atom. The van der Waals surface area contributed by atoms with Crippen molar-refractivity contribution in [2.24, 2.45) is 4.99 Å². The molecule has 2 atom stereocenters. The van der Waals surface area contributed by atoms with Gasteiger partial charge in [-0.15, -0.1) is 0 Å². The number of aliphatic imine (C=N–C) groups is 1. The number of aryl methyl sites for hydroxylation is 1. The average molecular weight is 461 g/mol. The van der Waals surface area contributed by atoms with Crippen molar-refractivity contribution in [3.8, 4) is 11.5 Å². The van der Waals surface area contributed by atoms with E-state index in [1.165, 1.54) is 11.8 Å². The number of hydrogen-bond acceptors (Lipinski definition) is 6. The highest BCUT2D eigenvalue weighted by atomic mass is 32.2. The molecule has 31 heavy (non-hydrogen) atoms. The lowest BCUT2D eigenvalue weighted by Gasteiger charge is -2.26. The molecule has 9 heteroatoms. The van der Waals surface area contributed by atoms with Gasteiger partial charge in [0.05, 0.1) is 43.9 Å². The molecule has 2 fully saturated rings. The van der Waals surface area contributed by atoms with Crippen molar-refractivity contribution in [1.82, 2.24) is 0 Å². The third kappa shape index (κ3) is 4.57. The van der Waals surface area contributed by atoms with Crippen molar-refractivity contribution in [2.45, 2.75) is 24.6 Å². The van der Waals surface area contributed by atoms with Crippen molar-refractivity contribution >= 4 is 38.4 Å². The van der Waals surface area contributed by atoms with Crippen LogP contribution in [0.25, 0.3) is 0 Å². The summed E-state index contributed by atoms with van der Waals surface area (Å²) in [5, 5.41) is 0.327. The molecule has 2 aromatic rings. The number of methoxy groups -OCH3 is 2. The van der Waals surface area contributed by atoms with Crippen molar-refractivity contribution in [3.63, 3.8) is 0 Å². The number of benzene rings is 2. The Kier molecular flexibility index (Phi) is 5.98. The largest absolute Gasteiger partial charge is 0.497 e. The first-order chi connectivity index (χ1) is 14.8. The van der Waals surface area contributed by atoms with Crippen LogP contribution in [-0.2, 0) is 21.1 Å². The van der Waals surface area contributed by atoms with Crippen molar-refractivity contribution in [1.29, 1.82) is 0 Å². The second-order valence-corrected chi connectivity index (χ2v) is 11.0. The van der Waals surface area contributed by atoms with Gasteiger partial charge in [-0.3, -0.25) is 4.79 Å². The average Bonchev–Trinajstić information content (AvgIpc) is 3.18. The standard InChI is InChI=1S/C22H24N2O5S2/c1-14-5-4-6-15(9-14)10-21(25)23-22-24(18-12-31(26,27)13-20(18)30-22)17-8-7-16(28-2)11-19(17)29-3/h4-9,11,18,20H,10,12-13H2,1-3H3/t18-,20-/m0/s1. The summed E-state index contributed by atoms with van der Waals surface area (Å²) in [6.45, 7) is 1.98. The molecule has 2 aliphatic heterocycles. The summed E-state index contributed by atoms with van der Waals surface area (Å²) in [4.78, 5) is 19.0. The van der Waals surface area contributed by atoms with E-state index in [1.807, 2.05) is 42.2 Å². The molecular formula is C22H24N2O5S2. The van der Waals surface area contributed by atoms with E-state index in [0.29, 0.717) is 22.4 Å². The number of carbonyl (C=O) groups is 1. The van der Waals surface area contributed by atoms with E-state index in [1.54, 1.807) is 26.4 Å². The number of thioether (sulfide) groups is 1. The highest BCUT2D eigenvalue weighted by Crippen LogP contribution is 2.44. The minimum atomic E-state index is -3.15. The van der Waals surface area contributed by atoms with Crippen molar-refractivity contribution < 1.29 is 22.7 Å². The Hall–Kier alpha value is -2.52. The van der Waals surface area contributed by atoms with Crippen molar-refractivity contribution in [2.75, 3.05) is 30.6 Å². The number of hydrogen-bond donors (Lipinski definition) is 0. The third-order valence-corrected chi connectivity index (χ3v) is 8.58. The SMILES string of the molecule is COc1ccc(N2C(=NC(=O)Cc3cccc(C)c3)S[C@H]3CS(=O)(=O)C[C@@H]32)c(OC)c1. The quantitative estimate of drug-likeness (QED) is 0.678. The first-order valence-electron chi connectivity index (χ1n) is 9.85. The summed E-state index contributed by atoms with van der Waals surface area (Å²) in [5.41, 5.74) is 2.65. The molecule has 0 saturated carbocycles. The van der Waals surface area contributed by atoms with E-state index in [2.05, 4.69) is 4.99 Å². The maximum atomic E-state index is 12.8. The summed E-state index contributed by atoms with van der Waals surface area (Å²) >= 11 is 1.35. The molecule has 2 aromatic carbocycles. The predicted molar refractivity (Wildman–Crippen MR) is 123 cm³/mol. The van der Waals surface area contributed by atoms with Crippen LogP contribution in [0.3, 0.4) is 0 Å². The summed E-state index contributed by atoms with van der Waals surface area (Å²) in [7, 11) is -0.0402. The van der Waals surface area contributed by atoms with E-state index < -0.39 is 9.84 Å². The van der Waals surface area contributed by atoms with Gasteiger partial charge in [-0.05, 0) is 24.6 Å². The molecule has 0 bridgehead atoms. The zero-order chi connectivity index (χ0) is 22.2. The van der Waals surface area contributed by atoms with Gasteiger partial charge in [0.1, 0.15) is 11.5 Å². The number of ether oxygens (including phenoxy) is 2. The molecule has 0 spiro atoms. The zero-order valence-electron chi connectivity index (χ0n) is 17.6. The van der Waals surface area contributed by atoms with E-state index in [4.69, 9.17) is 9.47 Å². The van der Waals surface area contributed by atoms with E-state index >= 15 is 0 Å². The van der Waals surface area contributed by atoms with Crippen LogP contribution in [0.1, 0.15) is 11.1 Å². The second kappa shape index (κ2) is 8.55. The molecule has 1 amide bonds. The number of amidine groups is 1. The normalized spacial score (nSPS) is 23.1. The van der Waals surface area contributed by atoms with E-state index in [9.17, 15) is 13.2 Å². The van der Waals surface area contributed by atoms with Crippen LogP contribution in [0.2, 0.25) is 0 Å². The molecule has 0 unspecified atom stereocenters. The van der Waals surface area contributed by atoms with Gasteiger partial charge in [-0.2, -0.15) is 4.99 Å². The Bertz CT molecular complexity index is 1150. The number of sulfone groups is 1. The topological polar surface area (TPSA) is 85.3 Å². The van der Waals surface area contributed by atoms with Crippen LogP contribution < -0.4 is 14.4 Å². The number of anilines is 1. The molecular weight excluding hydrogens is 436 g/mol. The van der Waals surface area contributed by atoms with Gasteiger partial charge in [-0.25, -0.2) is 8.42 Å². The van der Waals surface area contributed by atoms with Crippen LogP contribution in [0.4, 0.5) is 5.69 Å². The second-order valence-electron chi connectivity index (χ2n) is 7.66. The van der Waals surface area contributed by atoms with Crippen LogP contribution >= 0.6 is 11.8 Å². The van der Waals surface area contributed by atoms with Crippen molar-refractivity contribution in [3.05, 3.63) is 53.6 Å². The fourth-order valence-corrected chi connectivity index (χ4v) is 7.90. The van der Waals surface area contributed by atoms with E-state index in [0.717, 1.165) is 11.1 Å². The fraction of sp³-hybridized carbons (Fsp3) is 0.364. The smallest absolute Gasteiger partial charge is 0.252 e. The van der Waals surface area contributed by atoms with Crippen LogP contribution in [-0.4, -0.2) is 56.5 Å². The van der Waals surface area contributed by atoms with Gasteiger partial charge in [0.25, 0.3) is 5.91 Å². The monoisotopic (exact) mass is 460 g/mol. The summed E-state index contributed by atoms with van der Waals surface area (Å²) in [6, 6.07) is 12.8. The van der Waals surface area contributed by atoms with Gasteiger partial charge in [-0.1, -0.05) is 41.6 Å². The number of rotatable bonds is 5. The Morgan fingerprint density at radius 3 is 2.68 bits per heavy atom. The minimum absolute atomic E-state index is 0.0188. The van der Waals surface area contributed by atoms with Gasteiger partial charge in [0.2, 0.25) is 0 Å². The van der Waals surface area contributed by atoms with Gasteiger partial charge in [0.15, 0.2) is 15.0 Å². The highest BCUT2D eigenvalue weighted by Gasteiger charge is 2.50. The molecule has 2 aliphatic rings. The van der Waals surface area contributed by atoms with Gasteiger partial charge in [0, 0.05) is 11.3 Å². The molecule has 4 rings (SSSR count). The first kappa shape index (κ1) is 21.7. The Labute approximate surface area is 186 Å². The molecule has 0 aromatic heterocycles. The van der Waals surface area contributed by atoms with E-state index in [-0.39, 0.29) is 35.1 Å². The number of amides is 1. The third-order valence-electron chi connectivity index (χ3n) is 5.37. The van der Waals surface area contributed by atoms with Gasteiger partial charge >= 0.3 is 0 Å². The summed E-state index contributed by atoms with van der Waals surface area (Å²) < 4.78 is 35.4. The summed E-state index contributed by atoms with van der Waals surface area (Å²) in [5.74, 6) is 0.974. The molecule has 2 heterocycles. The van der Waals surface area contributed by atoms with Gasteiger partial charge < -0.3 is 14.4 Å². The molecule has 0 radical (unpaired) electrons. The maximum Gasteiger partial charge on any atom is 0.252 e. The van der Waals surface area contributed by atoms with Crippen LogP contribution in [0.5, 0.6) is 11.5 Å². The number of carbonyl (C=O) groups excluding carboxylic acids is 1. The molecule has 0 aliphatic carbocycles. The molecule has 2 saturated heterocycles. The molecule has 7 nitrogen and oxygen atoms in total. The lowest BCUT2D eigenvalue weighted by molar-refractivity contribution is -0.117. The zero-order valence-corrected chi connectivity index (χ0v) is 19.2. The number of nitrogens with zero attached hydrogens (tertiary/aromatic N) is 2. The highest BCUT2D eigenvalue weighted by molar-refractivity contribution is 8.16. The lowest BCUT2D eigenvalue weighted by atomic mass is 10.1. The summed E-state index contributed by atoms with van der Waals surface area (Å²) in [6.07, 6.45) is 0.187. The first-order valence-corrected chi connectivity index (χ1v) is 12.5.